The lowest BCUT2D eigenvalue weighted by Gasteiger charge is -2.12. The van der Waals surface area contributed by atoms with Crippen LogP contribution >= 0.6 is 11.3 Å². The van der Waals surface area contributed by atoms with Gasteiger partial charge in [0.2, 0.25) is 0 Å². The van der Waals surface area contributed by atoms with Crippen LogP contribution in [-0.2, 0) is 6.54 Å². The van der Waals surface area contributed by atoms with Gasteiger partial charge < -0.3 is 11.1 Å². The molecule has 1 atom stereocenters. The maximum atomic E-state index is 6.15. The number of nitrogens with one attached hydrogen (secondary N) is 1. The first-order valence-corrected chi connectivity index (χ1v) is 7.19. The summed E-state index contributed by atoms with van der Waals surface area (Å²) in [5, 5.41) is 5.60. The lowest BCUT2D eigenvalue weighted by Crippen LogP contribution is -2.20. The van der Waals surface area contributed by atoms with Crippen molar-refractivity contribution in [1.29, 1.82) is 0 Å². The first-order valence-electron chi connectivity index (χ1n) is 6.31. The molecule has 18 heavy (non-hydrogen) atoms. The van der Waals surface area contributed by atoms with Crippen molar-refractivity contribution in [2.24, 2.45) is 5.73 Å². The van der Waals surface area contributed by atoms with E-state index in [0.717, 1.165) is 19.5 Å². The van der Waals surface area contributed by atoms with Crippen LogP contribution in [0.5, 0.6) is 0 Å². The van der Waals surface area contributed by atoms with Crippen LogP contribution < -0.4 is 11.1 Å². The van der Waals surface area contributed by atoms with Crippen LogP contribution in [0.15, 0.2) is 41.8 Å². The monoisotopic (exact) mass is 260 g/mol. The zero-order valence-electron chi connectivity index (χ0n) is 10.7. The summed E-state index contributed by atoms with van der Waals surface area (Å²) in [6.07, 6.45) is 0.967. The van der Waals surface area contributed by atoms with E-state index in [0.29, 0.717) is 0 Å². The topological polar surface area (TPSA) is 38.0 Å². The standard InChI is InChI=1S/C15H20N2S/c1-12-8-10-18-15(12)11-17-9-7-14(16)13-5-3-2-4-6-13/h2-6,8,10,14,17H,7,9,11,16H2,1H3. The van der Waals surface area contributed by atoms with Crippen LogP contribution in [0.25, 0.3) is 0 Å². The zero-order chi connectivity index (χ0) is 12.8. The van der Waals surface area contributed by atoms with Crippen molar-refractivity contribution in [2.75, 3.05) is 6.54 Å². The number of hydrogen-bond donors (Lipinski definition) is 2. The Labute approximate surface area is 113 Å². The summed E-state index contributed by atoms with van der Waals surface area (Å²) in [6, 6.07) is 12.6. The largest absolute Gasteiger partial charge is 0.324 e. The molecule has 0 spiro atoms. The summed E-state index contributed by atoms with van der Waals surface area (Å²) in [6.45, 7) is 4.06. The van der Waals surface area contributed by atoms with Crippen LogP contribution in [0.3, 0.4) is 0 Å². The summed E-state index contributed by atoms with van der Waals surface area (Å²) < 4.78 is 0. The Morgan fingerprint density at radius 1 is 1.22 bits per heavy atom. The van der Waals surface area contributed by atoms with E-state index >= 15 is 0 Å². The summed E-state index contributed by atoms with van der Waals surface area (Å²) >= 11 is 1.81. The molecule has 0 saturated heterocycles. The molecule has 2 rings (SSSR count). The molecular weight excluding hydrogens is 240 g/mol. The summed E-state index contributed by atoms with van der Waals surface area (Å²) in [7, 11) is 0. The molecule has 3 heteroatoms. The molecule has 1 aromatic carbocycles. The second-order valence-electron chi connectivity index (χ2n) is 4.51. The first kappa shape index (κ1) is 13.3. The van der Waals surface area contributed by atoms with Gasteiger partial charge in [-0.1, -0.05) is 30.3 Å². The van der Waals surface area contributed by atoms with Gasteiger partial charge >= 0.3 is 0 Å². The van der Waals surface area contributed by atoms with Crippen molar-refractivity contribution in [2.45, 2.75) is 25.9 Å². The smallest absolute Gasteiger partial charge is 0.0306 e. The van der Waals surface area contributed by atoms with E-state index in [1.54, 1.807) is 0 Å². The predicted octanol–water partition coefficient (Wildman–Crippen LogP) is 3.24. The highest BCUT2D eigenvalue weighted by molar-refractivity contribution is 7.10. The van der Waals surface area contributed by atoms with E-state index in [-0.39, 0.29) is 6.04 Å². The van der Waals surface area contributed by atoms with Gasteiger partial charge in [-0.05, 0) is 42.5 Å². The van der Waals surface area contributed by atoms with Gasteiger partial charge in [-0.3, -0.25) is 0 Å². The molecule has 2 aromatic rings. The Kier molecular flexibility index (Phi) is 4.93. The van der Waals surface area contributed by atoms with Gasteiger partial charge in [-0.25, -0.2) is 0 Å². The molecule has 2 nitrogen and oxygen atoms in total. The van der Waals surface area contributed by atoms with E-state index in [9.17, 15) is 0 Å². The molecule has 1 heterocycles. The molecule has 1 aromatic heterocycles. The van der Waals surface area contributed by atoms with Crippen LogP contribution in [-0.4, -0.2) is 6.54 Å². The molecule has 0 fully saturated rings. The van der Waals surface area contributed by atoms with Gasteiger partial charge in [0.05, 0.1) is 0 Å². The third kappa shape index (κ3) is 3.67. The van der Waals surface area contributed by atoms with Crippen LogP contribution in [0, 0.1) is 6.92 Å². The Bertz CT molecular complexity index is 464. The molecule has 0 saturated carbocycles. The Balaban J connectivity index is 1.71. The highest BCUT2D eigenvalue weighted by Gasteiger charge is 2.05. The average Bonchev–Trinajstić information content (AvgIpc) is 2.81. The second kappa shape index (κ2) is 6.69. The minimum absolute atomic E-state index is 0.128. The molecule has 1 unspecified atom stereocenters. The van der Waals surface area contributed by atoms with Gasteiger partial charge in [-0.2, -0.15) is 0 Å². The SMILES string of the molecule is Cc1ccsc1CNCCC(N)c1ccccc1. The molecule has 0 radical (unpaired) electrons. The van der Waals surface area contributed by atoms with E-state index in [4.69, 9.17) is 5.73 Å². The van der Waals surface area contributed by atoms with Crippen LogP contribution in [0.2, 0.25) is 0 Å². The van der Waals surface area contributed by atoms with Crippen molar-refractivity contribution < 1.29 is 0 Å². The Hall–Kier alpha value is -1.16. The van der Waals surface area contributed by atoms with E-state index in [1.165, 1.54) is 16.0 Å². The minimum Gasteiger partial charge on any atom is -0.324 e. The summed E-state index contributed by atoms with van der Waals surface area (Å²) in [5.41, 5.74) is 8.74. The fraction of sp³-hybridized carbons (Fsp3) is 0.333. The number of thiophene rings is 1. The fourth-order valence-corrected chi connectivity index (χ4v) is 2.79. The summed E-state index contributed by atoms with van der Waals surface area (Å²) in [4.78, 5) is 1.42. The normalized spacial score (nSPS) is 12.6. The third-order valence-electron chi connectivity index (χ3n) is 3.11. The number of hydrogen-bond acceptors (Lipinski definition) is 3. The van der Waals surface area contributed by atoms with Crippen LogP contribution in [0.4, 0.5) is 0 Å². The minimum atomic E-state index is 0.128. The van der Waals surface area contributed by atoms with Gasteiger partial charge in [-0.15, -0.1) is 11.3 Å². The maximum Gasteiger partial charge on any atom is 0.0306 e. The molecule has 0 aliphatic rings. The molecule has 0 bridgehead atoms. The van der Waals surface area contributed by atoms with Gasteiger partial charge in [0, 0.05) is 17.5 Å². The van der Waals surface area contributed by atoms with Gasteiger partial charge in [0.1, 0.15) is 0 Å². The predicted molar refractivity (Wildman–Crippen MR) is 78.8 cm³/mol. The number of rotatable bonds is 6. The molecular formula is C15H20N2S. The molecule has 0 amide bonds. The Morgan fingerprint density at radius 2 is 2.00 bits per heavy atom. The highest BCUT2D eigenvalue weighted by atomic mass is 32.1. The fourth-order valence-electron chi connectivity index (χ4n) is 1.91. The first-order chi connectivity index (χ1) is 8.77. The Morgan fingerprint density at radius 3 is 2.67 bits per heavy atom. The molecule has 3 N–H and O–H groups in total. The average molecular weight is 260 g/mol. The van der Waals surface area contributed by atoms with Crippen LogP contribution in [0.1, 0.15) is 28.5 Å². The van der Waals surface area contributed by atoms with Crippen molar-refractivity contribution in [3.63, 3.8) is 0 Å². The van der Waals surface area contributed by atoms with Gasteiger partial charge in [0.25, 0.3) is 0 Å². The van der Waals surface area contributed by atoms with Gasteiger partial charge in [0.15, 0.2) is 0 Å². The van der Waals surface area contributed by atoms with Crippen molar-refractivity contribution in [3.05, 3.63) is 57.8 Å². The number of nitrogens with two attached hydrogens (primary N) is 1. The molecule has 0 aliphatic heterocycles. The lowest BCUT2D eigenvalue weighted by atomic mass is 10.1. The number of benzene rings is 1. The maximum absolute atomic E-state index is 6.15. The lowest BCUT2D eigenvalue weighted by molar-refractivity contribution is 0.581. The van der Waals surface area contributed by atoms with E-state index < -0.39 is 0 Å². The van der Waals surface area contributed by atoms with Crippen molar-refractivity contribution in [3.8, 4) is 0 Å². The third-order valence-corrected chi connectivity index (χ3v) is 4.14. The van der Waals surface area contributed by atoms with E-state index in [1.807, 2.05) is 29.5 Å². The van der Waals surface area contributed by atoms with Crippen molar-refractivity contribution >= 4 is 11.3 Å². The zero-order valence-corrected chi connectivity index (χ0v) is 11.5. The highest BCUT2D eigenvalue weighted by Crippen LogP contribution is 2.15. The van der Waals surface area contributed by atoms with Crippen molar-refractivity contribution in [1.82, 2.24) is 5.32 Å². The van der Waals surface area contributed by atoms with E-state index in [2.05, 4.69) is 35.8 Å². The summed E-state index contributed by atoms with van der Waals surface area (Å²) in [5.74, 6) is 0. The number of aryl methyl sites for hydroxylation is 1. The molecule has 96 valence electrons. The molecule has 0 aliphatic carbocycles. The second-order valence-corrected chi connectivity index (χ2v) is 5.51. The quantitative estimate of drug-likeness (QED) is 0.783.